The molecule has 1 N–H and O–H groups in total. The summed E-state index contributed by atoms with van der Waals surface area (Å²) < 4.78 is 0. The summed E-state index contributed by atoms with van der Waals surface area (Å²) in [6.07, 6.45) is 4.32. The number of hydrogen-bond donors (Lipinski definition) is 1. The van der Waals surface area contributed by atoms with Crippen LogP contribution in [-0.2, 0) is 0 Å². The SMILES string of the molecule is CC(NC1CCCSC1)c1cccnc1Cl. The molecule has 0 spiro atoms. The molecule has 1 fully saturated rings. The molecule has 1 saturated heterocycles. The Bertz CT molecular complexity index is 340. The van der Waals surface area contributed by atoms with Crippen molar-refractivity contribution in [3.63, 3.8) is 0 Å². The lowest BCUT2D eigenvalue weighted by atomic mass is 10.1. The first-order chi connectivity index (χ1) is 7.77. The van der Waals surface area contributed by atoms with Crippen molar-refractivity contribution in [2.45, 2.75) is 31.8 Å². The van der Waals surface area contributed by atoms with E-state index in [0.29, 0.717) is 11.2 Å². The molecule has 0 aliphatic carbocycles. The Labute approximate surface area is 106 Å². The highest BCUT2D eigenvalue weighted by atomic mass is 35.5. The largest absolute Gasteiger partial charge is 0.307 e. The summed E-state index contributed by atoms with van der Waals surface area (Å²) in [7, 11) is 0. The van der Waals surface area contributed by atoms with Gasteiger partial charge in [-0.25, -0.2) is 4.98 Å². The Morgan fingerprint density at radius 3 is 3.19 bits per heavy atom. The lowest BCUT2D eigenvalue weighted by molar-refractivity contribution is 0.452. The number of pyridine rings is 1. The fourth-order valence-electron chi connectivity index (χ4n) is 2.04. The Morgan fingerprint density at radius 2 is 2.50 bits per heavy atom. The minimum absolute atomic E-state index is 0.282. The highest BCUT2D eigenvalue weighted by Crippen LogP contribution is 2.23. The van der Waals surface area contributed by atoms with Crippen LogP contribution in [0.3, 0.4) is 0 Å². The van der Waals surface area contributed by atoms with Gasteiger partial charge in [0, 0.05) is 29.6 Å². The van der Waals surface area contributed by atoms with E-state index in [1.54, 1.807) is 6.20 Å². The summed E-state index contributed by atoms with van der Waals surface area (Å²) in [5.74, 6) is 2.52. The molecule has 0 amide bonds. The topological polar surface area (TPSA) is 24.9 Å². The molecule has 0 aromatic carbocycles. The summed E-state index contributed by atoms with van der Waals surface area (Å²) in [5.41, 5.74) is 1.10. The van der Waals surface area contributed by atoms with Crippen LogP contribution in [0.1, 0.15) is 31.4 Å². The van der Waals surface area contributed by atoms with Gasteiger partial charge in [0.15, 0.2) is 0 Å². The molecule has 0 radical (unpaired) electrons. The van der Waals surface area contributed by atoms with E-state index in [1.165, 1.54) is 24.3 Å². The van der Waals surface area contributed by atoms with Gasteiger partial charge in [0.1, 0.15) is 5.15 Å². The molecule has 2 nitrogen and oxygen atoms in total. The smallest absolute Gasteiger partial charge is 0.133 e. The van der Waals surface area contributed by atoms with E-state index in [2.05, 4.69) is 17.2 Å². The summed E-state index contributed by atoms with van der Waals surface area (Å²) >= 11 is 8.11. The van der Waals surface area contributed by atoms with Gasteiger partial charge in [-0.3, -0.25) is 0 Å². The number of hydrogen-bond acceptors (Lipinski definition) is 3. The average Bonchev–Trinajstić information content (AvgIpc) is 2.31. The van der Waals surface area contributed by atoms with Crippen molar-refractivity contribution < 1.29 is 0 Å². The van der Waals surface area contributed by atoms with Crippen molar-refractivity contribution >= 4 is 23.4 Å². The summed E-state index contributed by atoms with van der Waals surface area (Å²) in [6, 6.07) is 4.88. The van der Waals surface area contributed by atoms with Crippen LogP contribution in [-0.4, -0.2) is 22.5 Å². The third kappa shape index (κ3) is 3.12. The zero-order chi connectivity index (χ0) is 11.4. The standard InChI is InChI=1S/C12H17ClN2S/c1-9(11-5-2-6-14-12(11)13)15-10-4-3-7-16-8-10/h2,5-6,9-10,15H,3-4,7-8H2,1H3. The average molecular weight is 257 g/mol. The van der Waals surface area contributed by atoms with E-state index in [4.69, 9.17) is 11.6 Å². The van der Waals surface area contributed by atoms with E-state index in [0.717, 1.165) is 5.56 Å². The van der Waals surface area contributed by atoms with E-state index in [1.807, 2.05) is 23.9 Å². The third-order valence-corrected chi connectivity index (χ3v) is 4.43. The molecule has 1 aliphatic heterocycles. The zero-order valence-corrected chi connectivity index (χ0v) is 11.0. The van der Waals surface area contributed by atoms with Crippen molar-refractivity contribution in [3.8, 4) is 0 Å². The second-order valence-corrected chi connectivity index (χ2v) is 5.69. The molecule has 0 saturated carbocycles. The number of halogens is 1. The van der Waals surface area contributed by atoms with Crippen molar-refractivity contribution in [1.82, 2.24) is 10.3 Å². The first-order valence-electron chi connectivity index (χ1n) is 5.71. The van der Waals surface area contributed by atoms with Crippen LogP contribution in [0, 0.1) is 0 Å². The maximum absolute atomic E-state index is 6.08. The predicted molar refractivity (Wildman–Crippen MR) is 71.1 cm³/mol. The third-order valence-electron chi connectivity index (χ3n) is 2.90. The minimum Gasteiger partial charge on any atom is -0.307 e. The van der Waals surface area contributed by atoms with Gasteiger partial charge in [-0.05, 0) is 31.6 Å². The van der Waals surface area contributed by atoms with E-state index in [9.17, 15) is 0 Å². The van der Waals surface area contributed by atoms with Gasteiger partial charge in [0.2, 0.25) is 0 Å². The molecule has 1 aromatic rings. The van der Waals surface area contributed by atoms with Crippen LogP contribution in [0.5, 0.6) is 0 Å². The number of nitrogens with one attached hydrogen (secondary N) is 1. The molecule has 16 heavy (non-hydrogen) atoms. The maximum atomic E-state index is 6.08. The Kier molecular flexibility index (Phi) is 4.50. The van der Waals surface area contributed by atoms with Crippen molar-refractivity contribution in [2.24, 2.45) is 0 Å². The van der Waals surface area contributed by atoms with Crippen molar-refractivity contribution in [2.75, 3.05) is 11.5 Å². The molecule has 2 atom stereocenters. The van der Waals surface area contributed by atoms with Crippen LogP contribution >= 0.6 is 23.4 Å². The van der Waals surface area contributed by atoms with Crippen molar-refractivity contribution in [3.05, 3.63) is 29.0 Å². The predicted octanol–water partition coefficient (Wildman–Crippen LogP) is 3.28. The van der Waals surface area contributed by atoms with Gasteiger partial charge in [-0.1, -0.05) is 17.7 Å². The van der Waals surface area contributed by atoms with Crippen LogP contribution in [0.4, 0.5) is 0 Å². The zero-order valence-electron chi connectivity index (χ0n) is 9.45. The molecule has 4 heteroatoms. The van der Waals surface area contributed by atoms with Gasteiger partial charge in [0.05, 0.1) is 0 Å². The monoisotopic (exact) mass is 256 g/mol. The molecule has 0 bridgehead atoms. The minimum atomic E-state index is 0.282. The fraction of sp³-hybridized carbons (Fsp3) is 0.583. The number of aromatic nitrogens is 1. The van der Waals surface area contributed by atoms with E-state index >= 15 is 0 Å². The Hall–Kier alpha value is -0.250. The van der Waals surface area contributed by atoms with Gasteiger partial charge in [0.25, 0.3) is 0 Å². The molecule has 2 heterocycles. The second kappa shape index (κ2) is 5.89. The lowest BCUT2D eigenvalue weighted by Crippen LogP contribution is -2.35. The van der Waals surface area contributed by atoms with Crippen LogP contribution < -0.4 is 5.32 Å². The molecule has 1 aliphatic rings. The van der Waals surface area contributed by atoms with Crippen LogP contribution in [0.2, 0.25) is 5.15 Å². The Morgan fingerprint density at radius 1 is 1.62 bits per heavy atom. The summed E-state index contributed by atoms with van der Waals surface area (Å²) in [4.78, 5) is 4.11. The first kappa shape index (κ1) is 12.2. The van der Waals surface area contributed by atoms with E-state index in [-0.39, 0.29) is 6.04 Å². The number of thioether (sulfide) groups is 1. The molecule has 2 unspecified atom stereocenters. The second-order valence-electron chi connectivity index (χ2n) is 4.19. The van der Waals surface area contributed by atoms with Crippen LogP contribution in [0.15, 0.2) is 18.3 Å². The van der Waals surface area contributed by atoms with Crippen molar-refractivity contribution in [1.29, 1.82) is 0 Å². The van der Waals surface area contributed by atoms with Gasteiger partial charge < -0.3 is 5.32 Å². The van der Waals surface area contributed by atoms with Gasteiger partial charge in [-0.2, -0.15) is 11.8 Å². The normalized spacial score (nSPS) is 23.0. The summed E-state index contributed by atoms with van der Waals surface area (Å²) in [5, 5.41) is 4.25. The number of rotatable bonds is 3. The molecule has 88 valence electrons. The number of nitrogens with zero attached hydrogens (tertiary/aromatic N) is 1. The van der Waals surface area contributed by atoms with E-state index < -0.39 is 0 Å². The maximum Gasteiger partial charge on any atom is 0.133 e. The van der Waals surface area contributed by atoms with Gasteiger partial charge >= 0.3 is 0 Å². The molecule has 1 aromatic heterocycles. The Balaban J connectivity index is 1.96. The lowest BCUT2D eigenvalue weighted by Gasteiger charge is -2.26. The van der Waals surface area contributed by atoms with Gasteiger partial charge in [-0.15, -0.1) is 0 Å². The summed E-state index contributed by atoms with van der Waals surface area (Å²) in [6.45, 7) is 2.15. The van der Waals surface area contributed by atoms with Crippen LogP contribution in [0.25, 0.3) is 0 Å². The molecular weight excluding hydrogens is 240 g/mol. The molecular formula is C12H17ClN2S. The quantitative estimate of drug-likeness (QED) is 0.841. The first-order valence-corrected chi connectivity index (χ1v) is 7.25. The highest BCUT2D eigenvalue weighted by Gasteiger charge is 2.17. The fourth-order valence-corrected chi connectivity index (χ4v) is 3.40. The highest BCUT2D eigenvalue weighted by molar-refractivity contribution is 7.99. The molecule has 2 rings (SSSR count).